The number of β-lactam (4-membered cyclic amide) rings is 1. The molecular formula is C15H14N4O6S2. The van der Waals surface area contributed by atoms with E-state index in [9.17, 15) is 19.2 Å². The van der Waals surface area contributed by atoms with Crippen LogP contribution in [0.2, 0.25) is 0 Å². The van der Waals surface area contributed by atoms with Crippen molar-refractivity contribution in [2.75, 3.05) is 11.5 Å². The smallest absolute Gasteiger partial charge is 0.352 e. The van der Waals surface area contributed by atoms with Crippen molar-refractivity contribution in [3.05, 3.63) is 28.9 Å². The first-order valence-electron chi connectivity index (χ1n) is 7.62. The van der Waals surface area contributed by atoms with E-state index in [1.165, 1.54) is 30.1 Å². The fourth-order valence-corrected chi connectivity index (χ4v) is 4.58. The van der Waals surface area contributed by atoms with E-state index in [1.807, 2.05) is 0 Å². The molecule has 12 heteroatoms. The van der Waals surface area contributed by atoms with Gasteiger partial charge in [0.1, 0.15) is 17.1 Å². The molecule has 1 aromatic heterocycles. The molecule has 0 aromatic carbocycles. The predicted molar refractivity (Wildman–Crippen MR) is 97.5 cm³/mol. The monoisotopic (exact) mass is 410 g/mol. The molecule has 27 heavy (non-hydrogen) atoms. The number of fused-ring (bicyclic) bond motifs is 1. The number of hydrogen-bond donors (Lipinski definition) is 4. The number of rotatable bonds is 6. The van der Waals surface area contributed by atoms with Gasteiger partial charge in [-0.05, 0) is 6.08 Å². The lowest BCUT2D eigenvalue weighted by Gasteiger charge is -2.48. The largest absolute Gasteiger partial charge is 0.481 e. The molecule has 0 bridgehead atoms. The summed E-state index contributed by atoms with van der Waals surface area (Å²) in [6.45, 7) is 0. The normalized spacial score (nSPS) is 21.8. The van der Waals surface area contributed by atoms with Gasteiger partial charge in [-0.2, -0.15) is 0 Å². The van der Waals surface area contributed by atoms with E-state index in [2.05, 4.69) is 10.3 Å². The molecule has 2 aliphatic rings. The molecule has 3 heterocycles. The second-order valence-electron chi connectivity index (χ2n) is 5.56. The number of aliphatic carboxylic acids is 2. The maximum absolute atomic E-state index is 12.7. The number of carbonyl (C=O) groups excluding carboxylic acids is 2. The van der Waals surface area contributed by atoms with Gasteiger partial charge < -0.3 is 21.3 Å². The van der Waals surface area contributed by atoms with Crippen molar-refractivity contribution < 1.29 is 29.4 Å². The Balaban J connectivity index is 1.78. The number of amides is 2. The first-order chi connectivity index (χ1) is 12.8. The number of nitrogens with one attached hydrogen (secondary N) is 1. The molecule has 2 unspecified atom stereocenters. The molecule has 0 spiro atoms. The van der Waals surface area contributed by atoms with Gasteiger partial charge in [-0.3, -0.25) is 19.3 Å². The molecule has 1 saturated heterocycles. The van der Waals surface area contributed by atoms with E-state index < -0.39 is 41.6 Å². The molecule has 2 amide bonds. The lowest BCUT2D eigenvalue weighted by Crippen LogP contribution is -2.70. The minimum Gasteiger partial charge on any atom is -0.481 e. The Kier molecular flexibility index (Phi) is 5.19. The lowest BCUT2D eigenvalue weighted by atomic mass is 10.0. The molecule has 1 fully saturated rings. The Morgan fingerprint density at radius 2 is 2.15 bits per heavy atom. The minimum absolute atomic E-state index is 0.0488. The van der Waals surface area contributed by atoms with E-state index in [-0.39, 0.29) is 16.4 Å². The summed E-state index contributed by atoms with van der Waals surface area (Å²) in [6.07, 6.45) is 3.62. The first kappa shape index (κ1) is 18.9. The third kappa shape index (κ3) is 3.66. The molecule has 2 atom stereocenters. The van der Waals surface area contributed by atoms with Crippen molar-refractivity contribution in [2.24, 2.45) is 0 Å². The van der Waals surface area contributed by atoms with E-state index in [0.29, 0.717) is 10.6 Å². The Morgan fingerprint density at radius 1 is 1.41 bits per heavy atom. The first-order valence-corrected chi connectivity index (χ1v) is 9.48. The van der Waals surface area contributed by atoms with E-state index in [1.54, 1.807) is 0 Å². The summed E-state index contributed by atoms with van der Waals surface area (Å²) in [4.78, 5) is 52.4. The molecule has 1 aromatic rings. The molecule has 5 N–H and O–H groups in total. The number of carboxylic acid groups (broad SMARTS) is 2. The number of nitrogens with zero attached hydrogens (tertiary/aromatic N) is 2. The number of aromatic nitrogens is 1. The van der Waals surface area contributed by atoms with Gasteiger partial charge in [0.2, 0.25) is 0 Å². The third-order valence-electron chi connectivity index (χ3n) is 3.87. The van der Waals surface area contributed by atoms with Crippen LogP contribution < -0.4 is 11.1 Å². The number of thioether (sulfide) groups is 1. The molecule has 0 saturated carbocycles. The van der Waals surface area contributed by atoms with Gasteiger partial charge in [0.05, 0.1) is 16.9 Å². The van der Waals surface area contributed by atoms with Crippen molar-refractivity contribution in [3.8, 4) is 0 Å². The predicted octanol–water partition coefficient (Wildman–Crippen LogP) is -0.0482. The third-order valence-corrected chi connectivity index (χ3v) is 5.91. The molecule has 2 aliphatic heterocycles. The van der Waals surface area contributed by atoms with Gasteiger partial charge in [0.15, 0.2) is 5.13 Å². The summed E-state index contributed by atoms with van der Waals surface area (Å²) in [5, 5.41) is 20.3. The summed E-state index contributed by atoms with van der Waals surface area (Å²) in [6, 6.07) is -0.899. The molecule has 0 radical (unpaired) electrons. The van der Waals surface area contributed by atoms with E-state index in [0.717, 1.165) is 16.2 Å². The molecule has 0 aliphatic carbocycles. The van der Waals surface area contributed by atoms with Gasteiger partial charge in [-0.15, -0.1) is 11.8 Å². The Morgan fingerprint density at radius 3 is 2.74 bits per heavy atom. The summed E-state index contributed by atoms with van der Waals surface area (Å²) < 4.78 is 0. The van der Waals surface area contributed by atoms with Crippen LogP contribution in [0.25, 0.3) is 5.57 Å². The number of hydrogen-bond acceptors (Lipinski definition) is 8. The van der Waals surface area contributed by atoms with Crippen LogP contribution in [0.1, 0.15) is 11.3 Å². The highest BCUT2D eigenvalue weighted by Crippen LogP contribution is 2.37. The Hall–Kier alpha value is -2.86. The van der Waals surface area contributed by atoms with Crippen molar-refractivity contribution in [3.63, 3.8) is 0 Å². The summed E-state index contributed by atoms with van der Waals surface area (Å²) in [5.74, 6) is -3.11. The fraction of sp³-hybridized carbons (Fsp3) is 0.267. The Bertz CT molecular complexity index is 893. The van der Waals surface area contributed by atoms with Crippen LogP contribution in [-0.4, -0.2) is 61.0 Å². The van der Waals surface area contributed by atoms with Crippen LogP contribution in [0.3, 0.4) is 0 Å². The highest BCUT2D eigenvalue weighted by Gasteiger charge is 2.52. The fourth-order valence-electron chi connectivity index (χ4n) is 2.66. The number of carbonyl (C=O) groups is 4. The minimum atomic E-state index is -1.21. The van der Waals surface area contributed by atoms with Crippen LogP contribution in [0.4, 0.5) is 5.13 Å². The van der Waals surface area contributed by atoms with Gasteiger partial charge in [0, 0.05) is 11.9 Å². The molecular weight excluding hydrogens is 396 g/mol. The second-order valence-corrected chi connectivity index (χ2v) is 7.77. The van der Waals surface area contributed by atoms with Gasteiger partial charge >= 0.3 is 11.9 Å². The lowest BCUT2D eigenvalue weighted by molar-refractivity contribution is -0.150. The second kappa shape index (κ2) is 7.40. The van der Waals surface area contributed by atoms with E-state index >= 15 is 0 Å². The van der Waals surface area contributed by atoms with Crippen molar-refractivity contribution in [2.45, 2.75) is 17.8 Å². The van der Waals surface area contributed by atoms with Crippen LogP contribution in [0, 0.1) is 0 Å². The van der Waals surface area contributed by atoms with Crippen molar-refractivity contribution in [1.82, 2.24) is 15.2 Å². The molecule has 142 valence electrons. The Labute approximate surface area is 160 Å². The number of carboxylic acids is 2. The van der Waals surface area contributed by atoms with Crippen LogP contribution >= 0.6 is 23.1 Å². The number of nitrogens with two attached hydrogens (primary N) is 1. The maximum atomic E-state index is 12.7. The van der Waals surface area contributed by atoms with Gasteiger partial charge in [-0.1, -0.05) is 17.4 Å². The van der Waals surface area contributed by atoms with Crippen LogP contribution in [-0.2, 0) is 19.2 Å². The van der Waals surface area contributed by atoms with Gasteiger partial charge in [0.25, 0.3) is 11.8 Å². The van der Waals surface area contributed by atoms with Crippen molar-refractivity contribution in [1.29, 1.82) is 0 Å². The highest BCUT2D eigenvalue weighted by atomic mass is 32.2. The summed E-state index contributed by atoms with van der Waals surface area (Å²) in [5.41, 5.74) is 5.51. The van der Waals surface area contributed by atoms with E-state index in [4.69, 9.17) is 15.9 Å². The number of nitrogen functional groups attached to an aromatic ring is 1. The molecule has 10 nitrogen and oxygen atoms in total. The van der Waals surface area contributed by atoms with Crippen LogP contribution in [0.15, 0.2) is 24.0 Å². The number of anilines is 1. The maximum Gasteiger partial charge on any atom is 0.352 e. The number of thiazole rings is 1. The summed E-state index contributed by atoms with van der Waals surface area (Å²) in [7, 11) is 0. The topological polar surface area (TPSA) is 163 Å². The molecule has 3 rings (SSSR count). The quantitative estimate of drug-likeness (QED) is 0.372. The summed E-state index contributed by atoms with van der Waals surface area (Å²) >= 11 is 2.34. The zero-order valence-electron chi connectivity index (χ0n) is 13.6. The average Bonchev–Trinajstić information content (AvgIpc) is 3.04. The average molecular weight is 410 g/mol. The standard InChI is InChI=1S/C15H14N4O6S2/c16-15-17-5-8(27-15)6(1-2-9(20)21)11(22)18-10-12(23)19-7(14(24)25)3-4-26-13(10)19/h1,3,5,10,13H,2,4H2,(H2,16,17)(H,18,22)(H,20,21)(H,24,25)/b6-1-. The SMILES string of the molecule is Nc1ncc(/C(=C/CC(=O)O)C(=O)NC2C(=O)N3C(C(=O)O)=CCSC23)s1. The van der Waals surface area contributed by atoms with Gasteiger partial charge in [-0.25, -0.2) is 9.78 Å². The van der Waals surface area contributed by atoms with Crippen LogP contribution in [0.5, 0.6) is 0 Å². The zero-order chi connectivity index (χ0) is 19.7. The van der Waals surface area contributed by atoms with Crippen molar-refractivity contribution >= 4 is 57.6 Å². The zero-order valence-corrected chi connectivity index (χ0v) is 15.2. The highest BCUT2D eigenvalue weighted by molar-refractivity contribution is 8.00.